The SMILES string of the molecule is C=CN1CC(C(=O)OC)CC1=O. The second-order valence-electron chi connectivity index (χ2n) is 2.65. The minimum Gasteiger partial charge on any atom is -0.469 e. The van der Waals surface area contributed by atoms with Gasteiger partial charge in [-0.3, -0.25) is 9.59 Å². The van der Waals surface area contributed by atoms with Gasteiger partial charge < -0.3 is 9.64 Å². The maximum atomic E-state index is 11.1. The standard InChI is InChI=1S/C8H11NO3/c1-3-9-5-6(4-7(9)10)8(11)12-2/h3,6H,1,4-5H2,2H3. The first-order valence-corrected chi connectivity index (χ1v) is 3.69. The van der Waals surface area contributed by atoms with Crippen molar-refractivity contribution in [2.45, 2.75) is 6.42 Å². The van der Waals surface area contributed by atoms with Gasteiger partial charge in [0.25, 0.3) is 0 Å². The average Bonchev–Trinajstić information content (AvgIpc) is 2.45. The van der Waals surface area contributed by atoms with Crippen LogP contribution in [0.25, 0.3) is 0 Å². The van der Waals surface area contributed by atoms with Gasteiger partial charge in [-0.05, 0) is 6.20 Å². The van der Waals surface area contributed by atoms with Crippen molar-refractivity contribution in [1.82, 2.24) is 4.90 Å². The summed E-state index contributed by atoms with van der Waals surface area (Å²) in [7, 11) is 1.32. The highest BCUT2D eigenvalue weighted by molar-refractivity contribution is 5.87. The highest BCUT2D eigenvalue weighted by Crippen LogP contribution is 2.18. The number of carbonyl (C=O) groups excluding carboxylic acids is 2. The lowest BCUT2D eigenvalue weighted by Crippen LogP contribution is -2.20. The average molecular weight is 169 g/mol. The molecule has 66 valence electrons. The van der Waals surface area contributed by atoms with E-state index in [4.69, 9.17) is 0 Å². The Morgan fingerprint density at radius 3 is 2.92 bits per heavy atom. The van der Waals surface area contributed by atoms with Crippen LogP contribution in [0.5, 0.6) is 0 Å². The first-order chi connectivity index (χ1) is 5.69. The Hall–Kier alpha value is -1.32. The van der Waals surface area contributed by atoms with Gasteiger partial charge in [0.05, 0.1) is 13.0 Å². The summed E-state index contributed by atoms with van der Waals surface area (Å²) in [5.41, 5.74) is 0. The molecule has 0 aromatic heterocycles. The molecule has 1 aliphatic rings. The normalized spacial score (nSPS) is 22.6. The molecule has 12 heavy (non-hydrogen) atoms. The summed E-state index contributed by atoms with van der Waals surface area (Å²) in [6, 6.07) is 0. The van der Waals surface area contributed by atoms with E-state index in [2.05, 4.69) is 11.3 Å². The van der Waals surface area contributed by atoms with E-state index in [1.54, 1.807) is 0 Å². The van der Waals surface area contributed by atoms with Gasteiger partial charge in [0, 0.05) is 13.0 Å². The summed E-state index contributed by atoms with van der Waals surface area (Å²) >= 11 is 0. The highest BCUT2D eigenvalue weighted by atomic mass is 16.5. The van der Waals surface area contributed by atoms with E-state index in [1.807, 2.05) is 0 Å². The van der Waals surface area contributed by atoms with E-state index in [-0.39, 0.29) is 24.2 Å². The van der Waals surface area contributed by atoms with Crippen molar-refractivity contribution in [3.8, 4) is 0 Å². The van der Waals surface area contributed by atoms with Crippen LogP contribution in [0.4, 0.5) is 0 Å². The Labute approximate surface area is 70.8 Å². The number of esters is 1. The van der Waals surface area contributed by atoms with Crippen molar-refractivity contribution in [2.75, 3.05) is 13.7 Å². The van der Waals surface area contributed by atoms with E-state index < -0.39 is 0 Å². The lowest BCUT2D eigenvalue weighted by Gasteiger charge is -2.08. The maximum Gasteiger partial charge on any atom is 0.311 e. The van der Waals surface area contributed by atoms with Crippen molar-refractivity contribution < 1.29 is 14.3 Å². The molecule has 0 N–H and O–H groups in total. The number of nitrogens with zero attached hydrogens (tertiary/aromatic N) is 1. The Kier molecular flexibility index (Phi) is 2.47. The summed E-state index contributed by atoms with van der Waals surface area (Å²) in [5.74, 6) is -0.714. The van der Waals surface area contributed by atoms with Crippen LogP contribution in [0.3, 0.4) is 0 Å². The Balaban J connectivity index is 2.59. The third kappa shape index (κ3) is 1.47. The fraction of sp³-hybridized carbons (Fsp3) is 0.500. The summed E-state index contributed by atoms with van der Waals surface area (Å²) < 4.78 is 4.52. The summed E-state index contributed by atoms with van der Waals surface area (Å²) in [6.07, 6.45) is 1.67. The smallest absolute Gasteiger partial charge is 0.311 e. The van der Waals surface area contributed by atoms with E-state index in [0.717, 1.165) is 0 Å². The van der Waals surface area contributed by atoms with Gasteiger partial charge in [0.2, 0.25) is 5.91 Å². The van der Waals surface area contributed by atoms with Gasteiger partial charge in [-0.1, -0.05) is 6.58 Å². The minimum absolute atomic E-state index is 0.0691. The molecule has 1 atom stereocenters. The maximum absolute atomic E-state index is 11.1. The second kappa shape index (κ2) is 3.38. The molecule has 1 unspecified atom stereocenters. The Morgan fingerprint density at radius 1 is 1.83 bits per heavy atom. The molecule has 4 heteroatoms. The van der Waals surface area contributed by atoms with E-state index in [0.29, 0.717) is 6.54 Å². The van der Waals surface area contributed by atoms with E-state index >= 15 is 0 Å². The molecule has 1 fully saturated rings. The molecule has 1 aliphatic heterocycles. The number of amides is 1. The van der Waals surface area contributed by atoms with Gasteiger partial charge in [-0.25, -0.2) is 0 Å². The third-order valence-corrected chi connectivity index (χ3v) is 1.91. The van der Waals surface area contributed by atoms with Gasteiger partial charge in [-0.15, -0.1) is 0 Å². The lowest BCUT2D eigenvalue weighted by molar-refractivity contribution is -0.145. The second-order valence-corrected chi connectivity index (χ2v) is 2.65. The summed E-state index contributed by atoms with van der Waals surface area (Å²) in [6.45, 7) is 3.86. The van der Waals surface area contributed by atoms with Crippen LogP contribution < -0.4 is 0 Å². The predicted molar refractivity (Wildman–Crippen MR) is 42.0 cm³/mol. The van der Waals surface area contributed by atoms with Crippen molar-refractivity contribution in [3.05, 3.63) is 12.8 Å². The number of ether oxygens (including phenoxy) is 1. The number of hydrogen-bond donors (Lipinski definition) is 0. The number of hydrogen-bond acceptors (Lipinski definition) is 3. The summed E-state index contributed by atoms with van der Waals surface area (Å²) in [5, 5.41) is 0. The zero-order chi connectivity index (χ0) is 9.14. The zero-order valence-corrected chi connectivity index (χ0v) is 6.95. The third-order valence-electron chi connectivity index (χ3n) is 1.91. The van der Waals surface area contributed by atoms with Crippen molar-refractivity contribution in [3.63, 3.8) is 0 Å². The largest absolute Gasteiger partial charge is 0.469 e. The number of carbonyl (C=O) groups is 2. The van der Waals surface area contributed by atoms with Crippen LogP contribution in [-0.2, 0) is 14.3 Å². The van der Waals surface area contributed by atoms with Gasteiger partial charge in [0.1, 0.15) is 0 Å². The molecule has 0 saturated carbocycles. The molecule has 4 nitrogen and oxygen atoms in total. The molecule has 0 spiro atoms. The molecule has 0 aromatic rings. The first kappa shape index (κ1) is 8.77. The Bertz CT molecular complexity index is 224. The van der Waals surface area contributed by atoms with E-state index in [1.165, 1.54) is 18.2 Å². The van der Waals surface area contributed by atoms with Crippen molar-refractivity contribution in [1.29, 1.82) is 0 Å². The van der Waals surface area contributed by atoms with Crippen molar-refractivity contribution in [2.24, 2.45) is 5.92 Å². The molecular formula is C8H11NO3. The van der Waals surface area contributed by atoms with Crippen LogP contribution >= 0.6 is 0 Å². The van der Waals surface area contributed by atoms with Crippen LogP contribution in [-0.4, -0.2) is 30.4 Å². The lowest BCUT2D eigenvalue weighted by atomic mass is 10.1. The van der Waals surface area contributed by atoms with Crippen LogP contribution in [0.2, 0.25) is 0 Å². The Morgan fingerprint density at radius 2 is 2.50 bits per heavy atom. The van der Waals surface area contributed by atoms with Crippen LogP contribution in [0.15, 0.2) is 12.8 Å². The van der Waals surface area contributed by atoms with Crippen LogP contribution in [0, 0.1) is 5.92 Å². The quantitative estimate of drug-likeness (QED) is 0.553. The number of rotatable bonds is 2. The monoisotopic (exact) mass is 169 g/mol. The zero-order valence-electron chi connectivity index (χ0n) is 6.95. The topological polar surface area (TPSA) is 46.6 Å². The molecular weight excluding hydrogens is 158 g/mol. The minimum atomic E-state index is -0.326. The molecule has 0 aliphatic carbocycles. The van der Waals surface area contributed by atoms with Gasteiger partial charge >= 0.3 is 5.97 Å². The number of methoxy groups -OCH3 is 1. The molecule has 1 saturated heterocycles. The number of likely N-dealkylation sites (tertiary alicyclic amines) is 1. The highest BCUT2D eigenvalue weighted by Gasteiger charge is 2.33. The molecule has 0 radical (unpaired) electrons. The molecule has 1 heterocycles. The molecule has 1 rings (SSSR count). The predicted octanol–water partition coefficient (Wildman–Crippen LogP) is 0.151. The van der Waals surface area contributed by atoms with E-state index in [9.17, 15) is 9.59 Å². The molecule has 0 aromatic carbocycles. The van der Waals surface area contributed by atoms with Gasteiger partial charge in [0.15, 0.2) is 0 Å². The summed E-state index contributed by atoms with van der Waals surface area (Å²) in [4.78, 5) is 23.5. The fourth-order valence-electron chi connectivity index (χ4n) is 1.23. The molecule has 1 amide bonds. The first-order valence-electron chi connectivity index (χ1n) is 3.69. The fourth-order valence-corrected chi connectivity index (χ4v) is 1.23. The van der Waals surface area contributed by atoms with Crippen molar-refractivity contribution >= 4 is 11.9 Å². The van der Waals surface area contributed by atoms with Crippen LogP contribution in [0.1, 0.15) is 6.42 Å². The van der Waals surface area contributed by atoms with Gasteiger partial charge in [-0.2, -0.15) is 0 Å². The molecule has 0 bridgehead atoms.